The fraction of sp³-hybridized carbons (Fsp3) is 0.529. The average Bonchev–Trinajstić information content (AvgIpc) is 2.51. The fourth-order valence-corrected chi connectivity index (χ4v) is 3.55. The zero-order valence-electron chi connectivity index (χ0n) is 12.7. The van der Waals surface area contributed by atoms with Crippen molar-refractivity contribution in [2.24, 2.45) is 0 Å². The summed E-state index contributed by atoms with van der Waals surface area (Å²) in [5.41, 5.74) is 1.93. The molecule has 0 radical (unpaired) electrons. The first-order valence-corrected chi connectivity index (χ1v) is 7.84. The Labute approximate surface area is 125 Å². The SMILES string of the molecule is CCC1C(=O)N2CCCCC2C(=O)N1c1ccccc1C. The summed E-state index contributed by atoms with van der Waals surface area (Å²) in [7, 11) is 0. The summed E-state index contributed by atoms with van der Waals surface area (Å²) in [5, 5.41) is 0. The summed E-state index contributed by atoms with van der Waals surface area (Å²) in [4.78, 5) is 29.3. The molecule has 2 amide bonds. The molecule has 2 heterocycles. The molecule has 0 saturated carbocycles. The summed E-state index contributed by atoms with van der Waals surface area (Å²) in [6.45, 7) is 4.70. The third-order valence-corrected chi connectivity index (χ3v) is 4.67. The van der Waals surface area contributed by atoms with Gasteiger partial charge in [-0.05, 0) is 44.2 Å². The Balaban J connectivity index is 2.03. The van der Waals surface area contributed by atoms with Crippen molar-refractivity contribution in [2.45, 2.75) is 51.6 Å². The minimum atomic E-state index is -0.354. The van der Waals surface area contributed by atoms with E-state index in [1.807, 2.05) is 43.0 Å². The molecule has 1 aromatic rings. The van der Waals surface area contributed by atoms with E-state index >= 15 is 0 Å². The monoisotopic (exact) mass is 286 g/mol. The van der Waals surface area contributed by atoms with Gasteiger partial charge in [0.05, 0.1) is 0 Å². The molecule has 3 rings (SSSR count). The van der Waals surface area contributed by atoms with E-state index < -0.39 is 0 Å². The van der Waals surface area contributed by atoms with Gasteiger partial charge >= 0.3 is 0 Å². The number of piperidine rings is 1. The van der Waals surface area contributed by atoms with Gasteiger partial charge in [0.25, 0.3) is 5.91 Å². The zero-order chi connectivity index (χ0) is 15.0. The number of piperazine rings is 1. The summed E-state index contributed by atoms with van der Waals surface area (Å²) in [6, 6.07) is 7.22. The molecule has 0 spiro atoms. The lowest BCUT2D eigenvalue weighted by molar-refractivity contribution is -0.148. The molecule has 2 saturated heterocycles. The zero-order valence-corrected chi connectivity index (χ0v) is 12.7. The Morgan fingerprint density at radius 3 is 2.62 bits per heavy atom. The van der Waals surface area contributed by atoms with Crippen LogP contribution in [-0.2, 0) is 9.59 Å². The van der Waals surface area contributed by atoms with Crippen molar-refractivity contribution in [1.29, 1.82) is 0 Å². The first-order chi connectivity index (χ1) is 10.1. The molecule has 4 heteroatoms. The first kappa shape index (κ1) is 14.1. The van der Waals surface area contributed by atoms with Crippen LogP contribution >= 0.6 is 0 Å². The van der Waals surface area contributed by atoms with Crippen molar-refractivity contribution < 1.29 is 9.59 Å². The van der Waals surface area contributed by atoms with E-state index in [0.29, 0.717) is 6.42 Å². The number of anilines is 1. The normalized spacial score (nSPS) is 26.0. The lowest BCUT2D eigenvalue weighted by Crippen LogP contribution is -2.66. The summed E-state index contributed by atoms with van der Waals surface area (Å²) >= 11 is 0. The van der Waals surface area contributed by atoms with Gasteiger partial charge in [0.15, 0.2) is 0 Å². The maximum Gasteiger partial charge on any atom is 0.250 e. The van der Waals surface area contributed by atoms with Crippen LogP contribution < -0.4 is 4.90 Å². The highest BCUT2D eigenvalue weighted by atomic mass is 16.2. The molecule has 0 aliphatic carbocycles. The van der Waals surface area contributed by atoms with E-state index in [0.717, 1.165) is 37.1 Å². The van der Waals surface area contributed by atoms with Crippen LogP contribution in [0.15, 0.2) is 24.3 Å². The fourth-order valence-electron chi connectivity index (χ4n) is 3.55. The van der Waals surface area contributed by atoms with Crippen LogP contribution in [0.5, 0.6) is 0 Å². The molecule has 2 atom stereocenters. The number of hydrogen-bond acceptors (Lipinski definition) is 2. The Morgan fingerprint density at radius 1 is 1.14 bits per heavy atom. The van der Waals surface area contributed by atoms with Crippen molar-refractivity contribution in [3.63, 3.8) is 0 Å². The lowest BCUT2D eigenvalue weighted by atomic mass is 9.93. The number of benzene rings is 1. The van der Waals surface area contributed by atoms with Crippen LogP contribution in [0, 0.1) is 6.92 Å². The van der Waals surface area contributed by atoms with Crippen LogP contribution in [0.2, 0.25) is 0 Å². The Hall–Kier alpha value is -1.84. The van der Waals surface area contributed by atoms with Crippen molar-refractivity contribution in [3.8, 4) is 0 Å². The Morgan fingerprint density at radius 2 is 1.90 bits per heavy atom. The van der Waals surface area contributed by atoms with Crippen molar-refractivity contribution >= 4 is 17.5 Å². The van der Waals surface area contributed by atoms with E-state index in [1.165, 1.54) is 0 Å². The summed E-state index contributed by atoms with van der Waals surface area (Å²) in [6.07, 6.45) is 3.49. The number of para-hydroxylation sites is 1. The van der Waals surface area contributed by atoms with Gasteiger partial charge in [0.2, 0.25) is 5.91 Å². The molecule has 21 heavy (non-hydrogen) atoms. The lowest BCUT2D eigenvalue weighted by Gasteiger charge is -2.47. The second kappa shape index (κ2) is 5.51. The van der Waals surface area contributed by atoms with Crippen LogP contribution in [-0.4, -0.2) is 35.3 Å². The number of carbonyl (C=O) groups is 2. The van der Waals surface area contributed by atoms with Gasteiger partial charge in [0, 0.05) is 12.2 Å². The Kier molecular flexibility index (Phi) is 3.70. The predicted molar refractivity (Wildman–Crippen MR) is 82.1 cm³/mol. The molecule has 0 aromatic heterocycles. The maximum absolute atomic E-state index is 13.0. The Bertz CT molecular complexity index is 570. The predicted octanol–water partition coefficient (Wildman–Crippen LogP) is 2.50. The standard InChI is InChI=1S/C17H22N2O2/c1-3-13-16(20)18-11-7-6-10-15(18)17(21)19(13)14-9-5-4-8-12(14)2/h4-5,8-9,13,15H,3,6-7,10-11H2,1-2H3. The molecule has 0 bridgehead atoms. The number of nitrogens with zero attached hydrogens (tertiary/aromatic N) is 2. The van der Waals surface area contributed by atoms with Crippen molar-refractivity contribution in [3.05, 3.63) is 29.8 Å². The first-order valence-electron chi connectivity index (χ1n) is 7.84. The molecular formula is C17H22N2O2. The van der Waals surface area contributed by atoms with Crippen molar-refractivity contribution in [1.82, 2.24) is 4.90 Å². The molecule has 2 fully saturated rings. The van der Waals surface area contributed by atoms with Crippen LogP contribution in [0.1, 0.15) is 38.2 Å². The van der Waals surface area contributed by atoms with E-state index in [1.54, 1.807) is 4.90 Å². The summed E-state index contributed by atoms with van der Waals surface area (Å²) < 4.78 is 0. The molecule has 0 N–H and O–H groups in total. The highest BCUT2D eigenvalue weighted by molar-refractivity contribution is 6.08. The quantitative estimate of drug-likeness (QED) is 0.838. The van der Waals surface area contributed by atoms with Crippen LogP contribution in [0.3, 0.4) is 0 Å². The van der Waals surface area contributed by atoms with E-state index in [-0.39, 0.29) is 23.9 Å². The smallest absolute Gasteiger partial charge is 0.250 e. The third kappa shape index (κ3) is 2.23. The highest BCUT2D eigenvalue weighted by Crippen LogP contribution is 2.32. The highest BCUT2D eigenvalue weighted by Gasteiger charge is 2.46. The molecule has 1 aromatic carbocycles. The molecular weight excluding hydrogens is 264 g/mol. The van der Waals surface area contributed by atoms with Gasteiger partial charge < -0.3 is 4.90 Å². The number of aryl methyl sites for hydroxylation is 1. The number of hydrogen-bond donors (Lipinski definition) is 0. The maximum atomic E-state index is 13.0. The van der Waals surface area contributed by atoms with E-state index in [9.17, 15) is 9.59 Å². The summed E-state index contributed by atoms with van der Waals surface area (Å²) in [5.74, 6) is 0.209. The second-order valence-electron chi connectivity index (χ2n) is 5.96. The number of amides is 2. The topological polar surface area (TPSA) is 40.6 Å². The second-order valence-corrected chi connectivity index (χ2v) is 5.96. The molecule has 112 valence electrons. The molecule has 2 aliphatic rings. The van der Waals surface area contributed by atoms with E-state index in [4.69, 9.17) is 0 Å². The van der Waals surface area contributed by atoms with Gasteiger partial charge in [-0.2, -0.15) is 0 Å². The molecule has 2 unspecified atom stereocenters. The van der Waals surface area contributed by atoms with Gasteiger partial charge in [-0.3, -0.25) is 14.5 Å². The van der Waals surface area contributed by atoms with Gasteiger partial charge in [-0.1, -0.05) is 25.1 Å². The third-order valence-electron chi connectivity index (χ3n) is 4.67. The van der Waals surface area contributed by atoms with Gasteiger partial charge in [-0.15, -0.1) is 0 Å². The van der Waals surface area contributed by atoms with E-state index in [2.05, 4.69) is 0 Å². The number of fused-ring (bicyclic) bond motifs is 1. The minimum Gasteiger partial charge on any atom is -0.329 e. The van der Waals surface area contributed by atoms with Crippen LogP contribution in [0.25, 0.3) is 0 Å². The molecule has 4 nitrogen and oxygen atoms in total. The van der Waals surface area contributed by atoms with Gasteiger partial charge in [-0.25, -0.2) is 0 Å². The molecule has 2 aliphatic heterocycles. The van der Waals surface area contributed by atoms with Gasteiger partial charge in [0.1, 0.15) is 12.1 Å². The van der Waals surface area contributed by atoms with Crippen molar-refractivity contribution in [2.75, 3.05) is 11.4 Å². The minimum absolute atomic E-state index is 0.0930. The number of carbonyl (C=O) groups excluding carboxylic acids is 2. The van der Waals surface area contributed by atoms with Crippen LogP contribution in [0.4, 0.5) is 5.69 Å². The largest absolute Gasteiger partial charge is 0.329 e. The number of rotatable bonds is 2. The average molecular weight is 286 g/mol.